The molecule has 0 spiro atoms. The van der Waals surface area contributed by atoms with Crippen LogP contribution in [0.2, 0.25) is 0 Å². The molecule has 2 amide bonds. The molecule has 4 bridgehead atoms. The van der Waals surface area contributed by atoms with E-state index in [9.17, 15) is 18.0 Å². The Labute approximate surface area is 252 Å². The van der Waals surface area contributed by atoms with Gasteiger partial charge in [-0.2, -0.15) is 0 Å². The Balaban J connectivity index is 1.37. The minimum absolute atomic E-state index is 0.213. The number of hydrogen-bond donors (Lipinski definition) is 1. The summed E-state index contributed by atoms with van der Waals surface area (Å²) in [5.41, 5.74) is 3.95. The molecule has 0 heterocycles. The third-order valence-corrected chi connectivity index (χ3v) is 11.1. The average molecular weight is 594 g/mol. The number of carbonyl (C=O) groups excluding carboxylic acids is 2. The number of benzene rings is 2. The van der Waals surface area contributed by atoms with Gasteiger partial charge >= 0.3 is 0 Å². The molecule has 8 heteroatoms. The quantitative estimate of drug-likeness (QED) is 0.327. The second-order valence-electron chi connectivity index (χ2n) is 13.3. The molecule has 1 N–H and O–H groups in total. The molecule has 2 aromatic rings. The molecule has 228 valence electrons. The lowest BCUT2D eigenvalue weighted by Crippen LogP contribution is -2.51. The fourth-order valence-corrected chi connectivity index (χ4v) is 9.03. The van der Waals surface area contributed by atoms with E-state index in [1.165, 1.54) is 53.3 Å². The average Bonchev–Trinajstić information content (AvgIpc) is 2.93. The Bertz CT molecular complexity index is 1350. The van der Waals surface area contributed by atoms with Gasteiger partial charge in [0.2, 0.25) is 21.8 Å². The number of anilines is 1. The number of hydrogen-bond acceptors (Lipinski definition) is 4. The molecule has 0 radical (unpaired) electrons. The Hall–Kier alpha value is -2.87. The largest absolute Gasteiger partial charge is 0.354 e. The highest BCUT2D eigenvalue weighted by Gasteiger charge is 2.51. The van der Waals surface area contributed by atoms with Crippen molar-refractivity contribution in [2.75, 3.05) is 23.7 Å². The van der Waals surface area contributed by atoms with E-state index in [0.29, 0.717) is 12.2 Å². The number of amides is 2. The van der Waals surface area contributed by atoms with Crippen molar-refractivity contribution in [1.82, 2.24) is 10.2 Å². The van der Waals surface area contributed by atoms with Crippen LogP contribution in [0.3, 0.4) is 0 Å². The van der Waals surface area contributed by atoms with Gasteiger partial charge in [-0.3, -0.25) is 13.9 Å². The van der Waals surface area contributed by atoms with Crippen LogP contribution < -0.4 is 9.62 Å². The third kappa shape index (κ3) is 6.69. The second kappa shape index (κ2) is 12.4. The van der Waals surface area contributed by atoms with Gasteiger partial charge in [0.15, 0.2) is 0 Å². The summed E-state index contributed by atoms with van der Waals surface area (Å²) < 4.78 is 27.3. The van der Waals surface area contributed by atoms with E-state index in [1.54, 1.807) is 6.92 Å². The van der Waals surface area contributed by atoms with E-state index in [0.717, 1.165) is 48.0 Å². The molecule has 0 saturated heterocycles. The Morgan fingerprint density at radius 1 is 1.00 bits per heavy atom. The van der Waals surface area contributed by atoms with Crippen molar-refractivity contribution in [3.05, 3.63) is 65.2 Å². The molecule has 0 aromatic heterocycles. The lowest BCUT2D eigenvalue weighted by Gasteiger charge is -2.57. The zero-order chi connectivity index (χ0) is 30.1. The highest BCUT2D eigenvalue weighted by molar-refractivity contribution is 7.92. The van der Waals surface area contributed by atoms with Crippen LogP contribution in [0.15, 0.2) is 48.5 Å². The molecule has 4 fully saturated rings. The van der Waals surface area contributed by atoms with E-state index >= 15 is 0 Å². The molecule has 0 aliphatic heterocycles. The van der Waals surface area contributed by atoms with Crippen molar-refractivity contribution in [1.29, 1.82) is 0 Å². The van der Waals surface area contributed by atoms with E-state index in [-0.39, 0.29) is 24.4 Å². The predicted octanol–water partition coefficient (Wildman–Crippen LogP) is 5.56. The van der Waals surface area contributed by atoms with E-state index < -0.39 is 22.0 Å². The minimum atomic E-state index is -3.76. The fourth-order valence-electron chi connectivity index (χ4n) is 8.19. The summed E-state index contributed by atoms with van der Waals surface area (Å²) in [6, 6.07) is 15.0. The van der Waals surface area contributed by atoms with Gasteiger partial charge in [0, 0.05) is 13.1 Å². The lowest BCUT2D eigenvalue weighted by atomic mass is 9.48. The number of nitrogens with zero attached hydrogens (tertiary/aromatic N) is 2. The maximum atomic E-state index is 13.9. The summed E-state index contributed by atoms with van der Waals surface area (Å²) in [5, 5.41) is 2.93. The van der Waals surface area contributed by atoms with Gasteiger partial charge in [-0.25, -0.2) is 8.42 Å². The van der Waals surface area contributed by atoms with Gasteiger partial charge in [0.05, 0.1) is 11.9 Å². The van der Waals surface area contributed by atoms with Crippen LogP contribution in [-0.4, -0.2) is 50.5 Å². The Morgan fingerprint density at radius 2 is 1.62 bits per heavy atom. The molecule has 0 unspecified atom stereocenters. The molecule has 4 saturated carbocycles. The van der Waals surface area contributed by atoms with Crippen LogP contribution in [0.5, 0.6) is 0 Å². The molecular weight excluding hydrogens is 546 g/mol. The van der Waals surface area contributed by atoms with Gasteiger partial charge in [0.25, 0.3) is 0 Å². The van der Waals surface area contributed by atoms with Gasteiger partial charge < -0.3 is 10.2 Å². The Morgan fingerprint density at radius 3 is 2.17 bits per heavy atom. The zero-order valence-corrected chi connectivity index (χ0v) is 26.5. The van der Waals surface area contributed by atoms with Crippen molar-refractivity contribution in [2.24, 2.45) is 17.8 Å². The number of carbonyl (C=O) groups is 2. The van der Waals surface area contributed by atoms with E-state index in [1.807, 2.05) is 43.3 Å². The minimum Gasteiger partial charge on any atom is -0.354 e. The fraction of sp³-hybridized carbons (Fsp3) is 0.588. The number of aryl methyl sites for hydroxylation is 1. The van der Waals surface area contributed by atoms with Crippen molar-refractivity contribution >= 4 is 27.5 Å². The highest BCUT2D eigenvalue weighted by Crippen LogP contribution is 2.60. The summed E-state index contributed by atoms with van der Waals surface area (Å²) >= 11 is 0. The molecular formula is C34H47N3O4S. The SMILES string of the molecule is CCCCNC(=O)[C@@H](C)N(Cc1cccc(C)c1)C(=O)CN(c1ccc(C23CC4CC(CC(C4)C2)C3)cc1)S(C)(=O)=O. The first-order valence-corrected chi connectivity index (χ1v) is 17.5. The molecule has 6 rings (SSSR count). The Kier molecular flexibility index (Phi) is 9.02. The lowest BCUT2D eigenvalue weighted by molar-refractivity contribution is -0.139. The van der Waals surface area contributed by atoms with E-state index in [2.05, 4.69) is 24.4 Å². The molecule has 4 aliphatic carbocycles. The highest BCUT2D eigenvalue weighted by atomic mass is 32.2. The van der Waals surface area contributed by atoms with Crippen molar-refractivity contribution < 1.29 is 18.0 Å². The van der Waals surface area contributed by atoms with Crippen LogP contribution in [0.25, 0.3) is 0 Å². The maximum Gasteiger partial charge on any atom is 0.244 e. The van der Waals surface area contributed by atoms with Gasteiger partial charge in [-0.05, 0) is 105 Å². The standard InChI is InChI=1S/C34H47N3O4S/c1-5-6-14-35-33(39)25(3)36(22-26-9-7-8-24(2)15-26)32(38)23-37(42(4,40)41)31-12-10-30(11-13-31)34-19-27-16-28(20-34)18-29(17-27)21-34/h7-13,15,25,27-29H,5-6,14,16-23H2,1-4H3,(H,35,39)/t25-,27?,28?,29?,34?/m1/s1. The van der Waals surface area contributed by atoms with Crippen LogP contribution in [0.4, 0.5) is 5.69 Å². The maximum absolute atomic E-state index is 13.9. The van der Waals surface area contributed by atoms with Gasteiger partial charge in [-0.15, -0.1) is 0 Å². The first-order chi connectivity index (χ1) is 20.0. The molecule has 7 nitrogen and oxygen atoms in total. The smallest absolute Gasteiger partial charge is 0.244 e. The number of rotatable bonds is 12. The second-order valence-corrected chi connectivity index (χ2v) is 15.3. The molecule has 2 aromatic carbocycles. The van der Waals surface area contributed by atoms with Crippen LogP contribution in [0, 0.1) is 24.7 Å². The summed E-state index contributed by atoms with van der Waals surface area (Å²) in [4.78, 5) is 28.4. The first kappa shape index (κ1) is 30.6. The topological polar surface area (TPSA) is 86.8 Å². The number of unbranched alkanes of at least 4 members (excludes halogenated alkanes) is 1. The molecule has 1 atom stereocenters. The van der Waals surface area contributed by atoms with E-state index in [4.69, 9.17) is 0 Å². The summed E-state index contributed by atoms with van der Waals surface area (Å²) in [6.07, 6.45) is 10.8. The van der Waals surface area contributed by atoms with Gasteiger partial charge in [0.1, 0.15) is 12.6 Å². The van der Waals surface area contributed by atoms with Crippen molar-refractivity contribution in [3.8, 4) is 0 Å². The summed E-state index contributed by atoms with van der Waals surface area (Å²) in [6.45, 7) is 6.13. The van der Waals surface area contributed by atoms with Crippen molar-refractivity contribution in [3.63, 3.8) is 0 Å². The van der Waals surface area contributed by atoms with Crippen molar-refractivity contribution in [2.45, 2.75) is 90.1 Å². The third-order valence-electron chi connectivity index (χ3n) is 9.92. The van der Waals surface area contributed by atoms with Crippen LogP contribution >= 0.6 is 0 Å². The monoisotopic (exact) mass is 593 g/mol. The summed E-state index contributed by atoms with van der Waals surface area (Å²) in [5.74, 6) is 1.81. The zero-order valence-electron chi connectivity index (χ0n) is 25.6. The number of nitrogens with one attached hydrogen (secondary N) is 1. The molecule has 42 heavy (non-hydrogen) atoms. The summed E-state index contributed by atoms with van der Waals surface area (Å²) in [7, 11) is -3.76. The van der Waals surface area contributed by atoms with Crippen LogP contribution in [0.1, 0.15) is 81.9 Å². The first-order valence-electron chi connectivity index (χ1n) is 15.7. The van der Waals surface area contributed by atoms with Gasteiger partial charge in [-0.1, -0.05) is 55.3 Å². The predicted molar refractivity (Wildman–Crippen MR) is 168 cm³/mol. The number of sulfonamides is 1. The van der Waals surface area contributed by atoms with Crippen LogP contribution in [-0.2, 0) is 31.6 Å². The normalized spacial score (nSPS) is 25.2. The molecule has 4 aliphatic rings.